The number of phosphoric acid groups is 1. The summed E-state index contributed by atoms with van der Waals surface area (Å²) in [6, 6.07) is 1.33. The maximum Gasteiger partial charge on any atom is 0.471 e. The number of ether oxygens (including phenoxy) is 4. The van der Waals surface area contributed by atoms with Crippen LogP contribution in [0.15, 0.2) is 30.4 Å². The molecule has 0 saturated heterocycles. The molecule has 40 heavy (non-hydrogen) atoms. The van der Waals surface area contributed by atoms with E-state index in [1.165, 1.54) is 21.3 Å². The van der Waals surface area contributed by atoms with Gasteiger partial charge in [0.25, 0.3) is 5.91 Å². The van der Waals surface area contributed by atoms with E-state index in [4.69, 9.17) is 29.9 Å². The van der Waals surface area contributed by atoms with Crippen LogP contribution in [0.2, 0.25) is 0 Å². The van der Waals surface area contributed by atoms with Gasteiger partial charge < -0.3 is 39.4 Å². The molecule has 4 rings (SSSR count). The van der Waals surface area contributed by atoms with Crippen LogP contribution < -0.4 is 34.5 Å². The zero-order valence-corrected chi connectivity index (χ0v) is 21.7. The van der Waals surface area contributed by atoms with Crippen molar-refractivity contribution in [2.24, 2.45) is 0 Å². The van der Waals surface area contributed by atoms with Gasteiger partial charge in [0.05, 0.1) is 30.3 Å². The second-order valence-corrected chi connectivity index (χ2v) is 8.89. The minimum atomic E-state index is -5.31. The standard InChI is InChI=1S/C23H26FN6O9P/c1-23(2)21(31)30(11-38-40(32,33)34)20-14(39-23)6-7-17(28-20)27-19-13(24)10-25-22(29-19)26-12-8-15(35-3)18(37-5)16(9-12)36-4/h6-10H,11H2,1-5H3,(H2,32,33,34)(H2,25,26,27,28,29)/i1D3,2D3,8D,9D. The molecule has 0 unspecified atom stereocenters. The van der Waals surface area contributed by atoms with Gasteiger partial charge in [-0.15, -0.1) is 0 Å². The van der Waals surface area contributed by atoms with Crippen LogP contribution in [0.3, 0.4) is 0 Å². The smallest absolute Gasteiger partial charge is 0.471 e. The number of phosphoric ester groups is 1. The number of amides is 1. The predicted octanol–water partition coefficient (Wildman–Crippen LogP) is 3.09. The van der Waals surface area contributed by atoms with E-state index < -0.39 is 63.0 Å². The Kier molecular flexibility index (Phi) is 5.48. The molecular weight excluding hydrogens is 554 g/mol. The lowest BCUT2D eigenvalue weighted by Crippen LogP contribution is -2.53. The van der Waals surface area contributed by atoms with Crippen LogP contribution in [0.5, 0.6) is 23.0 Å². The molecule has 1 amide bonds. The molecule has 1 aliphatic rings. The molecule has 0 radical (unpaired) electrons. The van der Waals surface area contributed by atoms with Gasteiger partial charge in [0.1, 0.15) is 12.5 Å². The summed E-state index contributed by atoms with van der Waals surface area (Å²) < 4.78 is 115. The fourth-order valence-electron chi connectivity index (χ4n) is 3.28. The van der Waals surface area contributed by atoms with Crippen molar-refractivity contribution in [3.05, 3.63) is 36.2 Å². The Morgan fingerprint density at radius 2 is 1.85 bits per heavy atom. The summed E-state index contributed by atoms with van der Waals surface area (Å²) in [5.74, 6) is -5.55. The number of anilines is 5. The fourth-order valence-corrected chi connectivity index (χ4v) is 3.55. The maximum absolute atomic E-state index is 14.9. The van der Waals surface area contributed by atoms with Crippen molar-refractivity contribution in [1.82, 2.24) is 15.0 Å². The first kappa shape index (κ1) is 19.8. The molecule has 0 aliphatic carbocycles. The summed E-state index contributed by atoms with van der Waals surface area (Å²) in [5, 5.41) is 5.10. The van der Waals surface area contributed by atoms with E-state index in [0.717, 1.165) is 18.3 Å². The lowest BCUT2D eigenvalue weighted by Gasteiger charge is -2.37. The van der Waals surface area contributed by atoms with Crippen LogP contribution >= 0.6 is 7.82 Å². The highest BCUT2D eigenvalue weighted by Crippen LogP contribution is 2.42. The highest BCUT2D eigenvalue weighted by molar-refractivity contribution is 7.46. The summed E-state index contributed by atoms with van der Waals surface area (Å²) in [4.78, 5) is 44.0. The maximum atomic E-state index is 14.9. The minimum absolute atomic E-state index is 0.0286. The third-order valence-corrected chi connectivity index (χ3v) is 5.44. The average molecular weight is 589 g/mol. The lowest BCUT2D eigenvalue weighted by atomic mass is 10.1. The Balaban J connectivity index is 1.76. The number of methoxy groups -OCH3 is 3. The normalized spacial score (nSPS) is 17.8. The number of hydrogen-bond acceptors (Lipinski definition) is 12. The number of carbonyl (C=O) groups is 1. The van der Waals surface area contributed by atoms with Crippen LogP contribution in [-0.2, 0) is 13.9 Å². The first-order valence-corrected chi connectivity index (χ1v) is 12.3. The number of pyridine rings is 1. The number of aromatic nitrogens is 3. The van der Waals surface area contributed by atoms with Crippen LogP contribution in [0, 0.1) is 5.82 Å². The third kappa shape index (κ3) is 6.15. The Labute approximate surface area is 238 Å². The molecule has 214 valence electrons. The fraction of sp³-hybridized carbons (Fsp3) is 0.304. The van der Waals surface area contributed by atoms with Gasteiger partial charge >= 0.3 is 7.82 Å². The number of nitrogens with one attached hydrogen (secondary N) is 2. The van der Waals surface area contributed by atoms with Crippen molar-refractivity contribution in [2.75, 3.05) is 43.6 Å². The Hall–Kier alpha value is -4.24. The monoisotopic (exact) mass is 588 g/mol. The van der Waals surface area contributed by atoms with Crippen LogP contribution in [0.1, 0.15) is 24.7 Å². The number of nitrogens with zero attached hydrogens (tertiary/aromatic N) is 4. The van der Waals surface area contributed by atoms with Crippen molar-refractivity contribution < 1.29 is 58.0 Å². The first-order chi connectivity index (χ1) is 22.2. The molecule has 1 aromatic carbocycles. The van der Waals surface area contributed by atoms with E-state index in [2.05, 4.69) is 30.1 Å². The van der Waals surface area contributed by atoms with Gasteiger partial charge in [-0.2, -0.15) is 4.98 Å². The Bertz CT molecular complexity index is 1750. The molecule has 3 aromatic rings. The highest BCUT2D eigenvalue weighted by atomic mass is 31.2. The summed E-state index contributed by atoms with van der Waals surface area (Å²) in [6.07, 6.45) is 0.717. The second-order valence-electron chi connectivity index (χ2n) is 7.65. The van der Waals surface area contributed by atoms with Crippen molar-refractivity contribution in [3.63, 3.8) is 0 Å². The summed E-state index contributed by atoms with van der Waals surface area (Å²) >= 11 is 0. The molecule has 17 heteroatoms. The number of carbonyl (C=O) groups excluding carboxylic acids is 1. The van der Waals surface area contributed by atoms with E-state index in [-0.39, 0.29) is 51.7 Å². The average Bonchev–Trinajstić information content (AvgIpc) is 2.98. The SMILES string of the molecule is [2H]c1c(Nc2ncc(F)c(Nc3ccc4c(n3)N(COP(=O)(O)O)C(=O)C(C([2H])([2H])[2H])(C([2H])([2H])[2H])O4)n2)c([2H])c(OC)c(OC)c1OC. The van der Waals surface area contributed by atoms with E-state index in [9.17, 15) is 23.5 Å². The minimum Gasteiger partial charge on any atom is -0.493 e. The number of fused-ring (bicyclic) bond motifs is 1. The molecule has 0 spiro atoms. The molecule has 0 saturated carbocycles. The molecule has 0 bridgehead atoms. The first-order valence-electron chi connectivity index (χ1n) is 14.8. The molecule has 1 aliphatic heterocycles. The van der Waals surface area contributed by atoms with Crippen LogP contribution in [-0.4, -0.2) is 64.3 Å². The molecule has 0 fully saturated rings. The lowest BCUT2D eigenvalue weighted by molar-refractivity contribution is -0.133. The van der Waals surface area contributed by atoms with Gasteiger partial charge in [-0.25, -0.2) is 18.9 Å². The largest absolute Gasteiger partial charge is 0.493 e. The highest BCUT2D eigenvalue weighted by Gasteiger charge is 2.42. The quantitative estimate of drug-likeness (QED) is 0.253. The van der Waals surface area contributed by atoms with Gasteiger partial charge in [-0.3, -0.25) is 14.2 Å². The van der Waals surface area contributed by atoms with E-state index >= 15 is 0 Å². The van der Waals surface area contributed by atoms with Crippen molar-refractivity contribution >= 4 is 42.8 Å². The summed E-state index contributed by atoms with van der Waals surface area (Å²) in [7, 11) is -1.51. The number of benzene rings is 1. The predicted molar refractivity (Wildman–Crippen MR) is 139 cm³/mol. The van der Waals surface area contributed by atoms with E-state index in [1.54, 1.807) is 0 Å². The van der Waals surface area contributed by atoms with Crippen LogP contribution in [0.4, 0.5) is 33.5 Å². The van der Waals surface area contributed by atoms with Crippen molar-refractivity contribution in [3.8, 4) is 23.0 Å². The van der Waals surface area contributed by atoms with Crippen molar-refractivity contribution in [1.29, 1.82) is 0 Å². The van der Waals surface area contributed by atoms with E-state index in [1.807, 2.05) is 0 Å². The zero-order chi connectivity index (χ0) is 36.0. The second kappa shape index (κ2) is 11.1. The summed E-state index contributed by atoms with van der Waals surface area (Å²) in [5.41, 5.74) is -3.74. The Morgan fingerprint density at radius 1 is 1.15 bits per heavy atom. The van der Waals surface area contributed by atoms with Gasteiger partial charge in [0.15, 0.2) is 40.3 Å². The molecule has 2 aromatic heterocycles. The molecule has 4 N–H and O–H groups in total. The van der Waals surface area contributed by atoms with Gasteiger partial charge in [-0.05, 0) is 25.8 Å². The van der Waals surface area contributed by atoms with E-state index in [0.29, 0.717) is 0 Å². The number of rotatable bonds is 10. The van der Waals surface area contributed by atoms with Gasteiger partial charge in [-0.1, -0.05) is 0 Å². The Morgan fingerprint density at radius 3 is 2.45 bits per heavy atom. The van der Waals surface area contributed by atoms with Crippen molar-refractivity contribution in [2.45, 2.75) is 19.3 Å². The molecule has 15 nitrogen and oxygen atoms in total. The zero-order valence-electron chi connectivity index (χ0n) is 28.8. The number of hydrogen-bond donors (Lipinski definition) is 4. The van der Waals surface area contributed by atoms with Crippen LogP contribution in [0.25, 0.3) is 0 Å². The molecule has 3 heterocycles. The third-order valence-electron chi connectivity index (χ3n) is 4.99. The summed E-state index contributed by atoms with van der Waals surface area (Å²) in [6.45, 7) is -8.62. The molecule has 0 atom stereocenters. The van der Waals surface area contributed by atoms with Gasteiger partial charge in [0.2, 0.25) is 11.7 Å². The number of halogens is 1. The van der Waals surface area contributed by atoms with Gasteiger partial charge in [0, 0.05) is 26.0 Å². The molecular formula is C23H26FN6O9P. The topological polar surface area (TPSA) is 187 Å².